The molecule has 0 amide bonds. The van der Waals surface area contributed by atoms with Gasteiger partial charge in [-0.25, -0.2) is 0 Å². The van der Waals surface area contributed by atoms with Crippen molar-refractivity contribution >= 4 is 12.4 Å². The van der Waals surface area contributed by atoms with Crippen LogP contribution in [0.25, 0.3) is 0 Å². The van der Waals surface area contributed by atoms with Crippen LogP contribution in [0.1, 0.15) is 0 Å². The number of nitrogens with zero attached hydrogens (tertiary/aromatic N) is 2. The molecule has 0 saturated heterocycles. The van der Waals surface area contributed by atoms with E-state index in [1.807, 2.05) is 6.08 Å². The Morgan fingerprint density at radius 3 is 2.89 bits per heavy atom. The van der Waals surface area contributed by atoms with Gasteiger partial charge in [-0.3, -0.25) is 0 Å². The molecule has 0 atom stereocenters. The van der Waals surface area contributed by atoms with Gasteiger partial charge in [0.1, 0.15) is 7.05 Å². The van der Waals surface area contributed by atoms with Crippen molar-refractivity contribution in [1.29, 1.82) is 0 Å². The average Bonchev–Trinajstić information content (AvgIpc) is 2.17. The molecule has 0 N–H and O–H groups in total. The van der Waals surface area contributed by atoms with Gasteiger partial charge in [-0.05, 0) is 6.08 Å². The lowest BCUT2D eigenvalue weighted by molar-refractivity contribution is -0.695. The molecule has 0 aromatic heterocycles. The molecule has 1 heterocycles. The van der Waals surface area contributed by atoms with Crippen LogP contribution in [0.4, 0.5) is 0 Å². The predicted octanol–water partition coefficient (Wildman–Crippen LogP) is -0.0601. The summed E-state index contributed by atoms with van der Waals surface area (Å²) in [6.45, 7) is 5.59. The standard InChI is InChI=1S/C7H12N2/c1-3-4-9-6-5-8(2)7-9/h3,5-6H,1,4,7H2,2H3/q+2. The van der Waals surface area contributed by atoms with Gasteiger partial charge in [0.2, 0.25) is 12.4 Å². The molecule has 1 aliphatic rings. The van der Waals surface area contributed by atoms with Gasteiger partial charge in [-0.2, -0.15) is 9.15 Å². The summed E-state index contributed by atoms with van der Waals surface area (Å²) in [6.07, 6.45) is 6.04. The fourth-order valence-electron chi connectivity index (χ4n) is 0.873. The van der Waals surface area contributed by atoms with Gasteiger partial charge in [-0.1, -0.05) is 6.58 Å². The predicted molar refractivity (Wildman–Crippen MR) is 38.5 cm³/mol. The van der Waals surface area contributed by atoms with Crippen molar-refractivity contribution in [2.24, 2.45) is 0 Å². The molecule has 0 fully saturated rings. The molecule has 2 heteroatoms. The van der Waals surface area contributed by atoms with Crippen LogP contribution >= 0.6 is 0 Å². The summed E-state index contributed by atoms with van der Waals surface area (Å²) < 4.78 is 4.32. The largest absolute Gasteiger partial charge is 0.334 e. The van der Waals surface area contributed by atoms with E-state index in [9.17, 15) is 0 Å². The van der Waals surface area contributed by atoms with E-state index in [2.05, 4.69) is 35.2 Å². The summed E-state index contributed by atoms with van der Waals surface area (Å²) in [5.74, 6) is 0. The Morgan fingerprint density at radius 2 is 2.44 bits per heavy atom. The normalized spacial score (nSPS) is 17.0. The lowest BCUT2D eigenvalue weighted by Gasteiger charge is -1.87. The summed E-state index contributed by atoms with van der Waals surface area (Å²) in [6, 6.07) is 0. The summed E-state index contributed by atoms with van der Waals surface area (Å²) in [7, 11) is 2.06. The SMILES string of the molecule is C=CC[N+]1=CC=[N+](C)C1. The van der Waals surface area contributed by atoms with Crippen molar-refractivity contribution in [3.05, 3.63) is 12.7 Å². The first kappa shape index (κ1) is 6.20. The van der Waals surface area contributed by atoms with Gasteiger partial charge in [0.25, 0.3) is 0 Å². The van der Waals surface area contributed by atoms with Gasteiger partial charge in [0.15, 0.2) is 6.54 Å². The second-order valence-corrected chi connectivity index (χ2v) is 2.26. The molecule has 0 aromatic rings. The second-order valence-electron chi connectivity index (χ2n) is 2.26. The monoisotopic (exact) mass is 124 g/mol. The molecule has 0 radical (unpaired) electrons. The van der Waals surface area contributed by atoms with Gasteiger partial charge in [0.05, 0.1) is 0 Å². The molecular weight excluding hydrogens is 112 g/mol. The average molecular weight is 124 g/mol. The lowest BCUT2D eigenvalue weighted by Crippen LogP contribution is -2.15. The topological polar surface area (TPSA) is 6.02 Å². The van der Waals surface area contributed by atoms with Crippen molar-refractivity contribution < 1.29 is 9.15 Å². The number of rotatable bonds is 2. The van der Waals surface area contributed by atoms with Crippen molar-refractivity contribution in [3.8, 4) is 0 Å². The highest BCUT2D eigenvalue weighted by atomic mass is 15.2. The van der Waals surface area contributed by atoms with Crippen LogP contribution in [0.2, 0.25) is 0 Å². The fourth-order valence-corrected chi connectivity index (χ4v) is 0.873. The lowest BCUT2D eigenvalue weighted by atomic mass is 10.6. The Kier molecular flexibility index (Phi) is 1.78. The molecule has 0 spiro atoms. The van der Waals surface area contributed by atoms with Gasteiger partial charge in [0, 0.05) is 0 Å². The maximum Gasteiger partial charge on any atom is 0.334 e. The van der Waals surface area contributed by atoms with E-state index in [0.29, 0.717) is 0 Å². The van der Waals surface area contributed by atoms with Crippen LogP contribution in [0, 0.1) is 0 Å². The summed E-state index contributed by atoms with van der Waals surface area (Å²) in [5.41, 5.74) is 0. The van der Waals surface area contributed by atoms with E-state index in [4.69, 9.17) is 0 Å². The zero-order valence-electron chi connectivity index (χ0n) is 5.75. The summed E-state index contributed by atoms with van der Waals surface area (Å²) >= 11 is 0. The minimum atomic E-state index is 0.945. The van der Waals surface area contributed by atoms with Crippen LogP contribution in [-0.4, -0.2) is 41.8 Å². The quantitative estimate of drug-likeness (QED) is 0.359. The van der Waals surface area contributed by atoms with Crippen molar-refractivity contribution in [3.63, 3.8) is 0 Å². The Hall–Kier alpha value is -0.920. The molecule has 0 saturated carbocycles. The van der Waals surface area contributed by atoms with E-state index >= 15 is 0 Å². The number of hydrogen-bond acceptors (Lipinski definition) is 0. The Balaban J connectivity index is 2.43. The molecule has 0 aromatic carbocycles. The first-order valence-corrected chi connectivity index (χ1v) is 3.06. The summed E-state index contributed by atoms with van der Waals surface area (Å²) in [5, 5.41) is 0. The third-order valence-electron chi connectivity index (χ3n) is 1.30. The highest BCUT2D eigenvalue weighted by molar-refractivity contribution is 6.11. The Labute approximate surface area is 55.4 Å². The van der Waals surface area contributed by atoms with Gasteiger partial charge < -0.3 is 0 Å². The van der Waals surface area contributed by atoms with E-state index < -0.39 is 0 Å². The fraction of sp³-hybridized carbons (Fsp3) is 0.429. The van der Waals surface area contributed by atoms with Crippen molar-refractivity contribution in [1.82, 2.24) is 0 Å². The molecule has 0 aliphatic carbocycles. The first-order valence-electron chi connectivity index (χ1n) is 3.06. The Bertz CT molecular complexity index is 177. The molecule has 48 valence electrons. The highest BCUT2D eigenvalue weighted by Crippen LogP contribution is 1.80. The maximum atomic E-state index is 3.66. The van der Waals surface area contributed by atoms with Gasteiger partial charge >= 0.3 is 6.67 Å². The maximum absolute atomic E-state index is 3.66. The van der Waals surface area contributed by atoms with Crippen molar-refractivity contribution in [2.75, 3.05) is 20.3 Å². The first-order chi connectivity index (χ1) is 4.33. The van der Waals surface area contributed by atoms with Crippen LogP contribution in [0.3, 0.4) is 0 Å². The minimum absolute atomic E-state index is 0.945. The van der Waals surface area contributed by atoms with E-state index in [0.717, 1.165) is 13.2 Å². The molecule has 9 heavy (non-hydrogen) atoms. The molecular formula is C7H12N2+2. The van der Waals surface area contributed by atoms with Crippen LogP contribution in [0.15, 0.2) is 12.7 Å². The van der Waals surface area contributed by atoms with Crippen LogP contribution < -0.4 is 0 Å². The molecule has 1 aliphatic heterocycles. The third kappa shape index (κ3) is 1.49. The zero-order chi connectivity index (χ0) is 6.69. The number of hydrogen-bond donors (Lipinski definition) is 0. The van der Waals surface area contributed by atoms with E-state index in [1.165, 1.54) is 0 Å². The van der Waals surface area contributed by atoms with E-state index in [1.54, 1.807) is 0 Å². The van der Waals surface area contributed by atoms with Gasteiger partial charge in [-0.15, -0.1) is 0 Å². The molecule has 0 bridgehead atoms. The molecule has 1 rings (SSSR count). The Morgan fingerprint density at radius 1 is 1.67 bits per heavy atom. The third-order valence-corrected chi connectivity index (χ3v) is 1.30. The van der Waals surface area contributed by atoms with Crippen LogP contribution in [-0.2, 0) is 0 Å². The minimum Gasteiger partial charge on any atom is -0.176 e. The van der Waals surface area contributed by atoms with E-state index in [-0.39, 0.29) is 0 Å². The summed E-state index contributed by atoms with van der Waals surface area (Å²) in [4.78, 5) is 0. The zero-order valence-corrected chi connectivity index (χ0v) is 5.75. The van der Waals surface area contributed by atoms with Crippen LogP contribution in [0.5, 0.6) is 0 Å². The highest BCUT2D eigenvalue weighted by Gasteiger charge is 2.12. The smallest absolute Gasteiger partial charge is 0.176 e. The molecule has 2 nitrogen and oxygen atoms in total. The molecule has 0 unspecified atom stereocenters. The second kappa shape index (κ2) is 2.58. The van der Waals surface area contributed by atoms with Crippen molar-refractivity contribution in [2.45, 2.75) is 0 Å².